The van der Waals surface area contributed by atoms with Crippen LogP contribution < -0.4 is 10.1 Å². The molecule has 1 amide bonds. The Kier molecular flexibility index (Phi) is 7.98. The molecule has 1 unspecified atom stereocenters. The molecular formula is C30H31N3O4S. The quantitative estimate of drug-likeness (QED) is 0.191. The molecule has 38 heavy (non-hydrogen) atoms. The Hall–Kier alpha value is -3.78. The van der Waals surface area contributed by atoms with Gasteiger partial charge in [-0.3, -0.25) is 14.9 Å². The third kappa shape index (κ3) is 6.02. The van der Waals surface area contributed by atoms with E-state index in [0.717, 1.165) is 41.0 Å². The van der Waals surface area contributed by atoms with Crippen LogP contribution in [0, 0.1) is 16.0 Å². The van der Waals surface area contributed by atoms with Crippen molar-refractivity contribution in [1.29, 1.82) is 0 Å². The Morgan fingerprint density at radius 2 is 1.74 bits per heavy atom. The highest BCUT2D eigenvalue weighted by Gasteiger charge is 2.42. The van der Waals surface area contributed by atoms with Gasteiger partial charge < -0.3 is 15.0 Å². The van der Waals surface area contributed by atoms with Crippen molar-refractivity contribution in [1.82, 2.24) is 4.90 Å². The van der Waals surface area contributed by atoms with E-state index in [1.54, 1.807) is 23.9 Å². The topological polar surface area (TPSA) is 84.7 Å². The van der Waals surface area contributed by atoms with Gasteiger partial charge in [-0.2, -0.15) is 0 Å². The number of nitrogens with one attached hydrogen (secondary N) is 1. The average Bonchev–Trinajstić information content (AvgIpc) is 3.23. The Morgan fingerprint density at radius 1 is 1.03 bits per heavy atom. The van der Waals surface area contributed by atoms with Crippen molar-refractivity contribution in [3.8, 4) is 5.75 Å². The van der Waals surface area contributed by atoms with Crippen molar-refractivity contribution < 1.29 is 14.5 Å². The molecule has 1 N–H and O–H groups in total. The van der Waals surface area contributed by atoms with Crippen LogP contribution in [0.15, 0.2) is 83.8 Å². The van der Waals surface area contributed by atoms with Crippen LogP contribution in [0.5, 0.6) is 5.75 Å². The summed E-state index contributed by atoms with van der Waals surface area (Å²) in [6.45, 7) is 2.58. The number of thioether (sulfide) groups is 1. The SMILES string of the molecule is C[C@@H]1CCCC[C@H]1N1C(=O)/C(=C/c2ccc(OCc3ccc([N+](=O)[O-])cc3)cc2)SC1Nc1ccccc1. The number of amides is 1. The number of hydrogen-bond donors (Lipinski definition) is 1. The number of rotatable bonds is 8. The molecule has 1 saturated heterocycles. The summed E-state index contributed by atoms with van der Waals surface area (Å²) in [6, 6.07) is 24.3. The third-order valence-corrected chi connectivity index (χ3v) is 8.27. The van der Waals surface area contributed by atoms with Gasteiger partial charge in [0.1, 0.15) is 12.4 Å². The van der Waals surface area contributed by atoms with Crippen LogP contribution in [0.1, 0.15) is 43.7 Å². The van der Waals surface area contributed by atoms with E-state index in [1.165, 1.54) is 18.6 Å². The molecule has 2 aliphatic rings. The normalized spacial score (nSPS) is 22.4. The molecule has 8 heteroatoms. The van der Waals surface area contributed by atoms with Crippen molar-refractivity contribution in [2.75, 3.05) is 5.32 Å². The second-order valence-corrected chi connectivity index (χ2v) is 10.9. The van der Waals surface area contributed by atoms with Crippen molar-refractivity contribution in [3.63, 3.8) is 0 Å². The van der Waals surface area contributed by atoms with Gasteiger partial charge in [0.2, 0.25) is 0 Å². The molecule has 2 fully saturated rings. The average molecular weight is 530 g/mol. The zero-order valence-corrected chi connectivity index (χ0v) is 22.1. The monoisotopic (exact) mass is 529 g/mol. The van der Waals surface area contributed by atoms with Gasteiger partial charge in [0.25, 0.3) is 11.6 Å². The molecule has 0 aromatic heterocycles. The van der Waals surface area contributed by atoms with Crippen LogP contribution in [-0.2, 0) is 11.4 Å². The Morgan fingerprint density at radius 3 is 2.42 bits per heavy atom. The predicted molar refractivity (Wildman–Crippen MR) is 152 cm³/mol. The minimum Gasteiger partial charge on any atom is -0.489 e. The van der Waals surface area contributed by atoms with Gasteiger partial charge in [-0.25, -0.2) is 0 Å². The number of non-ortho nitro benzene ring substituents is 1. The summed E-state index contributed by atoms with van der Waals surface area (Å²) in [5.74, 6) is 1.25. The van der Waals surface area contributed by atoms with Gasteiger partial charge in [0.15, 0.2) is 5.50 Å². The molecule has 3 aromatic carbocycles. The molecule has 196 valence electrons. The number of hydrogen-bond acceptors (Lipinski definition) is 6. The molecule has 0 spiro atoms. The van der Waals surface area contributed by atoms with E-state index in [-0.39, 0.29) is 23.1 Å². The molecule has 1 heterocycles. The Balaban J connectivity index is 1.29. The minimum absolute atomic E-state index is 0.0585. The number of nitro benzene ring substituents is 1. The molecule has 3 atom stereocenters. The van der Waals surface area contributed by atoms with E-state index in [4.69, 9.17) is 4.74 Å². The number of carbonyl (C=O) groups is 1. The highest BCUT2D eigenvalue weighted by molar-refractivity contribution is 8.05. The maximum Gasteiger partial charge on any atom is 0.269 e. The van der Waals surface area contributed by atoms with Gasteiger partial charge in [-0.15, -0.1) is 0 Å². The first-order valence-electron chi connectivity index (χ1n) is 13.0. The number of nitrogens with zero attached hydrogens (tertiary/aromatic N) is 2. The molecule has 3 aromatic rings. The summed E-state index contributed by atoms with van der Waals surface area (Å²) in [5, 5.41) is 14.4. The van der Waals surface area contributed by atoms with Gasteiger partial charge in [0.05, 0.1) is 9.83 Å². The van der Waals surface area contributed by atoms with E-state index >= 15 is 0 Å². The first-order chi connectivity index (χ1) is 18.5. The van der Waals surface area contributed by atoms with Crippen molar-refractivity contribution in [3.05, 3.63) is 105 Å². The lowest BCUT2D eigenvalue weighted by Crippen LogP contribution is -2.48. The van der Waals surface area contributed by atoms with Crippen molar-refractivity contribution in [2.24, 2.45) is 5.92 Å². The molecule has 1 aliphatic heterocycles. The number of benzene rings is 3. The van der Waals surface area contributed by atoms with Crippen LogP contribution in [0.2, 0.25) is 0 Å². The lowest BCUT2D eigenvalue weighted by molar-refractivity contribution is -0.384. The molecule has 0 radical (unpaired) electrons. The number of carbonyl (C=O) groups excluding carboxylic acids is 1. The first-order valence-corrected chi connectivity index (χ1v) is 13.8. The van der Waals surface area contributed by atoms with E-state index < -0.39 is 4.92 Å². The van der Waals surface area contributed by atoms with Crippen molar-refractivity contribution >= 4 is 35.1 Å². The minimum atomic E-state index is -0.417. The standard InChI is InChI=1S/C30H31N3O4S/c1-21-7-5-6-10-27(21)32-29(34)28(38-30(32)31-24-8-3-2-4-9-24)19-22-13-17-26(18-14-22)37-20-23-11-15-25(16-12-23)33(35)36/h2-4,8-9,11-19,21,27,30-31H,5-7,10,20H2,1H3/b28-19-/t21-,27-,30?/m1/s1. The maximum atomic E-state index is 13.7. The lowest BCUT2D eigenvalue weighted by Gasteiger charge is -2.39. The second kappa shape index (κ2) is 11.7. The van der Waals surface area contributed by atoms with E-state index in [1.807, 2.05) is 60.7 Å². The van der Waals surface area contributed by atoms with Gasteiger partial charge in [-0.1, -0.05) is 61.9 Å². The Bertz CT molecular complexity index is 1300. The zero-order valence-electron chi connectivity index (χ0n) is 21.3. The summed E-state index contributed by atoms with van der Waals surface area (Å²) in [6.07, 6.45) is 6.53. The summed E-state index contributed by atoms with van der Waals surface area (Å²) in [5.41, 5.74) is 2.69. The van der Waals surface area contributed by atoms with Gasteiger partial charge >= 0.3 is 0 Å². The Labute approximate surface area is 227 Å². The van der Waals surface area contributed by atoms with Crippen LogP contribution in [-0.4, -0.2) is 27.3 Å². The summed E-state index contributed by atoms with van der Waals surface area (Å²) < 4.78 is 5.85. The van der Waals surface area contributed by atoms with Crippen LogP contribution >= 0.6 is 11.8 Å². The highest BCUT2D eigenvalue weighted by Crippen LogP contribution is 2.42. The second-order valence-electron chi connectivity index (χ2n) is 9.81. The van der Waals surface area contributed by atoms with E-state index in [9.17, 15) is 14.9 Å². The highest BCUT2D eigenvalue weighted by atomic mass is 32.2. The number of para-hydroxylation sites is 1. The smallest absolute Gasteiger partial charge is 0.269 e. The fourth-order valence-electron chi connectivity index (χ4n) is 5.06. The maximum absolute atomic E-state index is 13.7. The van der Waals surface area contributed by atoms with Crippen LogP contribution in [0.4, 0.5) is 11.4 Å². The molecule has 7 nitrogen and oxygen atoms in total. The fourth-order valence-corrected chi connectivity index (χ4v) is 6.27. The molecule has 1 saturated carbocycles. The number of ether oxygens (including phenoxy) is 1. The summed E-state index contributed by atoms with van der Waals surface area (Å²) in [4.78, 5) is 26.9. The summed E-state index contributed by atoms with van der Waals surface area (Å²) in [7, 11) is 0. The zero-order chi connectivity index (χ0) is 26.5. The van der Waals surface area contributed by atoms with Crippen LogP contribution in [0.3, 0.4) is 0 Å². The largest absolute Gasteiger partial charge is 0.489 e. The lowest BCUT2D eigenvalue weighted by atomic mass is 9.85. The summed E-state index contributed by atoms with van der Waals surface area (Å²) >= 11 is 1.57. The fraction of sp³-hybridized carbons (Fsp3) is 0.300. The van der Waals surface area contributed by atoms with E-state index in [0.29, 0.717) is 18.3 Å². The van der Waals surface area contributed by atoms with Gasteiger partial charge in [-0.05, 0) is 72.4 Å². The molecular weight excluding hydrogens is 498 g/mol. The van der Waals surface area contributed by atoms with E-state index in [2.05, 4.69) is 17.1 Å². The predicted octanol–water partition coefficient (Wildman–Crippen LogP) is 7.06. The van der Waals surface area contributed by atoms with Crippen molar-refractivity contribution in [2.45, 2.75) is 50.8 Å². The molecule has 5 rings (SSSR count). The van der Waals surface area contributed by atoms with Crippen LogP contribution in [0.25, 0.3) is 6.08 Å². The number of anilines is 1. The molecule has 0 bridgehead atoms. The molecule has 1 aliphatic carbocycles. The third-order valence-electron chi connectivity index (χ3n) is 7.15. The first kappa shape index (κ1) is 25.9. The van der Waals surface area contributed by atoms with Gasteiger partial charge in [0, 0.05) is 23.9 Å². The number of nitro groups is 1.